The van der Waals surface area contributed by atoms with Gasteiger partial charge in [0.1, 0.15) is 17.2 Å². The first-order valence-electron chi connectivity index (χ1n) is 7.53. The van der Waals surface area contributed by atoms with E-state index in [2.05, 4.69) is 4.98 Å². The Morgan fingerprint density at radius 2 is 1.35 bits per heavy atom. The lowest BCUT2D eigenvalue weighted by Crippen LogP contribution is -1.86. The molecule has 0 unspecified atom stereocenters. The summed E-state index contributed by atoms with van der Waals surface area (Å²) in [6, 6.07) is 15.6. The number of hydrogen-bond acceptors (Lipinski definition) is 4. The molecule has 0 radical (unpaired) electrons. The molecule has 4 nitrogen and oxygen atoms in total. The minimum Gasteiger partial charge on any atom is -0.497 e. The fourth-order valence-corrected chi connectivity index (χ4v) is 2.40. The van der Waals surface area contributed by atoms with Gasteiger partial charge < -0.3 is 13.9 Å². The van der Waals surface area contributed by atoms with Gasteiger partial charge in [0.25, 0.3) is 0 Å². The summed E-state index contributed by atoms with van der Waals surface area (Å²) in [6.07, 6.45) is 0.749. The Hall–Kier alpha value is -2.75. The van der Waals surface area contributed by atoms with Crippen LogP contribution in [0.3, 0.4) is 0 Å². The first-order valence-corrected chi connectivity index (χ1v) is 7.53. The predicted molar refractivity (Wildman–Crippen MR) is 89.9 cm³/mol. The highest BCUT2D eigenvalue weighted by molar-refractivity contribution is 5.77. The van der Waals surface area contributed by atoms with Crippen molar-refractivity contribution in [2.24, 2.45) is 0 Å². The quantitative estimate of drug-likeness (QED) is 0.691. The van der Waals surface area contributed by atoms with Crippen molar-refractivity contribution >= 4 is 0 Å². The lowest BCUT2D eigenvalue weighted by molar-refractivity contribution is 0.414. The van der Waals surface area contributed by atoms with Crippen LogP contribution in [0.25, 0.3) is 22.6 Å². The molecule has 0 aliphatic rings. The van der Waals surface area contributed by atoms with Crippen molar-refractivity contribution in [1.29, 1.82) is 0 Å². The third-order valence-corrected chi connectivity index (χ3v) is 3.69. The normalized spacial score (nSPS) is 10.6. The monoisotopic (exact) mass is 309 g/mol. The molecule has 1 heterocycles. The van der Waals surface area contributed by atoms with Crippen LogP contribution in [-0.4, -0.2) is 19.2 Å². The summed E-state index contributed by atoms with van der Waals surface area (Å²) in [7, 11) is 3.31. The van der Waals surface area contributed by atoms with Crippen LogP contribution in [0.2, 0.25) is 0 Å². The van der Waals surface area contributed by atoms with E-state index in [0.717, 1.165) is 46.4 Å². The zero-order valence-corrected chi connectivity index (χ0v) is 13.5. The number of hydrogen-bond donors (Lipinski definition) is 0. The maximum Gasteiger partial charge on any atom is 0.195 e. The second-order valence-electron chi connectivity index (χ2n) is 5.10. The van der Waals surface area contributed by atoms with Gasteiger partial charge in [-0.05, 0) is 48.5 Å². The molecule has 0 fully saturated rings. The van der Waals surface area contributed by atoms with Gasteiger partial charge in [-0.3, -0.25) is 0 Å². The van der Waals surface area contributed by atoms with Gasteiger partial charge in [-0.25, -0.2) is 4.98 Å². The average molecular weight is 309 g/mol. The number of oxazole rings is 1. The molecule has 0 amide bonds. The molecule has 0 aliphatic heterocycles. The zero-order chi connectivity index (χ0) is 16.2. The predicted octanol–water partition coefficient (Wildman–Crippen LogP) is 4.59. The molecular formula is C19H19NO3. The van der Waals surface area contributed by atoms with Crippen LogP contribution < -0.4 is 9.47 Å². The number of aryl methyl sites for hydroxylation is 1. The number of ether oxygens (including phenoxy) is 2. The maximum absolute atomic E-state index is 5.95. The largest absolute Gasteiger partial charge is 0.497 e. The minimum atomic E-state index is 0.724. The van der Waals surface area contributed by atoms with Crippen molar-refractivity contribution in [3.8, 4) is 34.1 Å². The maximum atomic E-state index is 5.95. The Balaban J connectivity index is 2.06. The Kier molecular flexibility index (Phi) is 4.33. The fraction of sp³-hybridized carbons (Fsp3) is 0.211. The van der Waals surface area contributed by atoms with Crippen LogP contribution in [0.1, 0.15) is 12.8 Å². The van der Waals surface area contributed by atoms with Gasteiger partial charge >= 0.3 is 0 Å². The van der Waals surface area contributed by atoms with Crippen LogP contribution in [0, 0.1) is 0 Å². The van der Waals surface area contributed by atoms with E-state index in [9.17, 15) is 0 Å². The molecule has 4 heteroatoms. The van der Waals surface area contributed by atoms with Crippen LogP contribution in [0.4, 0.5) is 0 Å². The Morgan fingerprint density at radius 3 is 1.83 bits per heavy atom. The molecule has 0 saturated carbocycles. The molecule has 2 aromatic carbocycles. The lowest BCUT2D eigenvalue weighted by Gasteiger charge is -2.04. The molecule has 0 atom stereocenters. The van der Waals surface area contributed by atoms with Gasteiger partial charge in [0.05, 0.1) is 14.2 Å². The number of rotatable bonds is 5. The zero-order valence-electron chi connectivity index (χ0n) is 13.5. The van der Waals surface area contributed by atoms with Gasteiger partial charge in [0.15, 0.2) is 11.7 Å². The van der Waals surface area contributed by atoms with E-state index in [1.54, 1.807) is 14.2 Å². The number of nitrogens with zero attached hydrogens (tertiary/aromatic N) is 1. The van der Waals surface area contributed by atoms with E-state index in [1.165, 1.54) is 0 Å². The Bertz CT molecular complexity index is 708. The molecule has 0 N–H and O–H groups in total. The van der Waals surface area contributed by atoms with Gasteiger partial charge in [-0.15, -0.1) is 0 Å². The molecule has 1 aromatic heterocycles. The fourth-order valence-electron chi connectivity index (χ4n) is 2.40. The van der Waals surface area contributed by atoms with E-state index in [1.807, 2.05) is 55.5 Å². The highest BCUT2D eigenvalue weighted by Gasteiger charge is 2.16. The number of aromatic nitrogens is 1. The highest BCUT2D eigenvalue weighted by Crippen LogP contribution is 2.34. The first-order chi connectivity index (χ1) is 11.2. The van der Waals surface area contributed by atoms with Crippen molar-refractivity contribution in [2.75, 3.05) is 14.2 Å². The number of methoxy groups -OCH3 is 2. The summed E-state index contributed by atoms with van der Waals surface area (Å²) < 4.78 is 16.4. The van der Waals surface area contributed by atoms with E-state index in [4.69, 9.17) is 13.9 Å². The summed E-state index contributed by atoms with van der Waals surface area (Å²) in [6.45, 7) is 2.03. The molecule has 118 valence electrons. The van der Waals surface area contributed by atoms with Gasteiger partial charge in [-0.2, -0.15) is 0 Å². The minimum absolute atomic E-state index is 0.724. The average Bonchev–Trinajstić information content (AvgIpc) is 3.06. The van der Waals surface area contributed by atoms with Gasteiger partial charge in [-0.1, -0.05) is 6.92 Å². The van der Waals surface area contributed by atoms with Crippen LogP contribution in [-0.2, 0) is 6.42 Å². The second kappa shape index (κ2) is 6.57. The van der Waals surface area contributed by atoms with Crippen molar-refractivity contribution in [3.63, 3.8) is 0 Å². The van der Waals surface area contributed by atoms with Crippen molar-refractivity contribution in [3.05, 3.63) is 54.4 Å². The van der Waals surface area contributed by atoms with Crippen molar-refractivity contribution in [1.82, 2.24) is 4.98 Å². The van der Waals surface area contributed by atoms with E-state index in [0.29, 0.717) is 0 Å². The molecular weight excluding hydrogens is 290 g/mol. The van der Waals surface area contributed by atoms with Gasteiger partial charge in [0.2, 0.25) is 0 Å². The summed E-state index contributed by atoms with van der Waals surface area (Å²) in [5, 5.41) is 0. The Labute approximate surface area is 135 Å². The SMILES string of the molecule is CCc1nc(-c2ccc(OC)cc2)c(-c2ccc(OC)cc2)o1. The first kappa shape index (κ1) is 15.2. The van der Waals surface area contributed by atoms with Gasteiger partial charge in [0, 0.05) is 17.5 Å². The lowest BCUT2D eigenvalue weighted by atomic mass is 10.1. The summed E-state index contributed by atoms with van der Waals surface area (Å²) >= 11 is 0. The summed E-state index contributed by atoms with van der Waals surface area (Å²) in [5.41, 5.74) is 2.82. The standard InChI is InChI=1S/C19H19NO3/c1-4-17-20-18(13-5-9-15(21-2)10-6-13)19(23-17)14-7-11-16(22-3)12-8-14/h5-12H,4H2,1-3H3. The summed E-state index contributed by atoms with van der Waals surface area (Å²) in [4.78, 5) is 4.63. The van der Waals surface area contributed by atoms with Crippen LogP contribution in [0.15, 0.2) is 52.9 Å². The molecule has 3 aromatic rings. The smallest absolute Gasteiger partial charge is 0.195 e. The molecule has 0 bridgehead atoms. The topological polar surface area (TPSA) is 44.5 Å². The van der Waals surface area contributed by atoms with Crippen LogP contribution in [0.5, 0.6) is 11.5 Å². The number of benzene rings is 2. The Morgan fingerprint density at radius 1 is 0.826 bits per heavy atom. The van der Waals surface area contributed by atoms with E-state index >= 15 is 0 Å². The van der Waals surface area contributed by atoms with Crippen molar-refractivity contribution < 1.29 is 13.9 Å². The highest BCUT2D eigenvalue weighted by atomic mass is 16.5. The van der Waals surface area contributed by atoms with Crippen LogP contribution >= 0.6 is 0 Å². The second-order valence-corrected chi connectivity index (χ2v) is 5.10. The summed E-state index contributed by atoms with van der Waals surface area (Å²) in [5.74, 6) is 3.13. The third-order valence-electron chi connectivity index (χ3n) is 3.69. The van der Waals surface area contributed by atoms with E-state index in [-0.39, 0.29) is 0 Å². The van der Waals surface area contributed by atoms with E-state index < -0.39 is 0 Å². The molecule has 0 spiro atoms. The molecule has 3 rings (SSSR count). The molecule has 0 saturated heterocycles. The molecule has 23 heavy (non-hydrogen) atoms. The molecule has 0 aliphatic carbocycles. The van der Waals surface area contributed by atoms with Crippen molar-refractivity contribution in [2.45, 2.75) is 13.3 Å². The third kappa shape index (κ3) is 3.06.